The summed E-state index contributed by atoms with van der Waals surface area (Å²) >= 11 is 0. The maximum absolute atomic E-state index is 12.1. The van der Waals surface area contributed by atoms with Gasteiger partial charge in [-0.15, -0.1) is 0 Å². The molecule has 0 spiro atoms. The number of hydrogen-bond acceptors (Lipinski definition) is 2. The van der Waals surface area contributed by atoms with Gasteiger partial charge in [0.2, 0.25) is 5.91 Å². The molecule has 1 heterocycles. The molecule has 17 heavy (non-hydrogen) atoms. The molecule has 3 heteroatoms. The van der Waals surface area contributed by atoms with Crippen LogP contribution in [0.25, 0.3) is 0 Å². The van der Waals surface area contributed by atoms with Crippen LogP contribution in [0.2, 0.25) is 0 Å². The largest absolute Gasteiger partial charge is 0.353 e. The van der Waals surface area contributed by atoms with Crippen molar-refractivity contribution in [2.24, 2.45) is 11.8 Å². The fourth-order valence-corrected chi connectivity index (χ4v) is 3.19. The Morgan fingerprint density at radius 1 is 1.29 bits per heavy atom. The molecule has 1 saturated carbocycles. The molecule has 0 aromatic heterocycles. The van der Waals surface area contributed by atoms with Crippen molar-refractivity contribution in [3.8, 4) is 0 Å². The Morgan fingerprint density at radius 3 is 2.88 bits per heavy atom. The molecule has 1 saturated heterocycles. The lowest BCUT2D eigenvalue weighted by atomic mass is 9.84. The van der Waals surface area contributed by atoms with Crippen LogP contribution in [-0.2, 0) is 4.79 Å². The van der Waals surface area contributed by atoms with Crippen LogP contribution in [-0.4, -0.2) is 25.0 Å². The Bertz CT molecular complexity index is 249. The van der Waals surface area contributed by atoms with Crippen molar-refractivity contribution in [1.29, 1.82) is 0 Å². The van der Waals surface area contributed by atoms with Crippen LogP contribution in [0.4, 0.5) is 0 Å². The number of nitrogens with one attached hydrogen (secondary N) is 2. The van der Waals surface area contributed by atoms with Crippen LogP contribution in [0.5, 0.6) is 0 Å². The molecule has 0 aromatic carbocycles. The molecule has 2 fully saturated rings. The third-order valence-electron chi connectivity index (χ3n) is 4.37. The molecule has 2 rings (SSSR count). The van der Waals surface area contributed by atoms with Crippen molar-refractivity contribution in [3.63, 3.8) is 0 Å². The summed E-state index contributed by atoms with van der Waals surface area (Å²) < 4.78 is 0. The number of carbonyl (C=O) groups excluding carboxylic acids is 1. The molecule has 0 aromatic rings. The predicted molar refractivity (Wildman–Crippen MR) is 69.8 cm³/mol. The molecular formula is C14H26N2O. The summed E-state index contributed by atoms with van der Waals surface area (Å²) in [4.78, 5) is 12.1. The monoisotopic (exact) mass is 238 g/mol. The van der Waals surface area contributed by atoms with E-state index in [1.165, 1.54) is 32.1 Å². The van der Waals surface area contributed by atoms with E-state index in [0.29, 0.717) is 11.9 Å². The zero-order valence-electron chi connectivity index (χ0n) is 11.0. The van der Waals surface area contributed by atoms with Crippen molar-refractivity contribution in [3.05, 3.63) is 0 Å². The zero-order valence-corrected chi connectivity index (χ0v) is 11.0. The van der Waals surface area contributed by atoms with Crippen molar-refractivity contribution < 1.29 is 4.79 Å². The zero-order chi connectivity index (χ0) is 12.1. The summed E-state index contributed by atoms with van der Waals surface area (Å²) in [5.74, 6) is 1.34. The summed E-state index contributed by atoms with van der Waals surface area (Å²) in [6.45, 7) is 4.21. The van der Waals surface area contributed by atoms with E-state index >= 15 is 0 Å². The summed E-state index contributed by atoms with van der Waals surface area (Å²) in [5.41, 5.74) is 0. The van der Waals surface area contributed by atoms with Gasteiger partial charge >= 0.3 is 0 Å². The lowest BCUT2D eigenvalue weighted by molar-refractivity contribution is -0.126. The van der Waals surface area contributed by atoms with E-state index in [-0.39, 0.29) is 5.92 Å². The smallest absolute Gasteiger partial charge is 0.224 e. The van der Waals surface area contributed by atoms with Gasteiger partial charge in [-0.3, -0.25) is 4.79 Å². The van der Waals surface area contributed by atoms with E-state index in [1.807, 2.05) is 0 Å². The Balaban J connectivity index is 1.77. The first-order valence-corrected chi connectivity index (χ1v) is 7.30. The molecule has 3 nitrogen and oxygen atoms in total. The summed E-state index contributed by atoms with van der Waals surface area (Å²) in [7, 11) is 0. The summed E-state index contributed by atoms with van der Waals surface area (Å²) in [5, 5.41) is 6.59. The molecule has 2 N–H and O–H groups in total. The fraction of sp³-hybridized carbons (Fsp3) is 0.929. The molecule has 1 amide bonds. The van der Waals surface area contributed by atoms with E-state index in [4.69, 9.17) is 0 Å². The molecule has 0 bridgehead atoms. The Labute approximate surface area is 105 Å². The number of piperidine rings is 1. The van der Waals surface area contributed by atoms with Crippen LogP contribution in [0.1, 0.15) is 51.9 Å². The summed E-state index contributed by atoms with van der Waals surface area (Å²) in [6, 6.07) is 0.447. The van der Waals surface area contributed by atoms with Gasteiger partial charge in [0.1, 0.15) is 0 Å². The van der Waals surface area contributed by atoms with Gasteiger partial charge in [-0.1, -0.05) is 26.2 Å². The SMILES string of the molecule is CCC1CCCC(NC(=O)[C@@H]2CCCNC2)C1. The van der Waals surface area contributed by atoms with Gasteiger partial charge in [0.25, 0.3) is 0 Å². The quantitative estimate of drug-likeness (QED) is 0.790. The van der Waals surface area contributed by atoms with Gasteiger partial charge < -0.3 is 10.6 Å². The van der Waals surface area contributed by atoms with Crippen molar-refractivity contribution in [2.75, 3.05) is 13.1 Å². The fourth-order valence-electron chi connectivity index (χ4n) is 3.19. The van der Waals surface area contributed by atoms with Crippen LogP contribution >= 0.6 is 0 Å². The minimum Gasteiger partial charge on any atom is -0.353 e. The number of rotatable bonds is 3. The first-order valence-electron chi connectivity index (χ1n) is 7.30. The van der Waals surface area contributed by atoms with Gasteiger partial charge in [0.15, 0.2) is 0 Å². The highest BCUT2D eigenvalue weighted by Crippen LogP contribution is 2.26. The van der Waals surface area contributed by atoms with Crippen LogP contribution in [0, 0.1) is 11.8 Å². The normalized spacial score (nSPS) is 34.3. The molecular weight excluding hydrogens is 212 g/mol. The van der Waals surface area contributed by atoms with E-state index < -0.39 is 0 Å². The van der Waals surface area contributed by atoms with E-state index in [1.54, 1.807) is 0 Å². The van der Waals surface area contributed by atoms with Crippen LogP contribution in [0.3, 0.4) is 0 Å². The maximum Gasteiger partial charge on any atom is 0.224 e. The van der Waals surface area contributed by atoms with Gasteiger partial charge in [0, 0.05) is 12.6 Å². The lowest BCUT2D eigenvalue weighted by Gasteiger charge is -2.31. The van der Waals surface area contributed by atoms with E-state index in [2.05, 4.69) is 17.6 Å². The van der Waals surface area contributed by atoms with Gasteiger partial charge in [0.05, 0.1) is 5.92 Å². The Morgan fingerprint density at radius 2 is 2.18 bits per heavy atom. The molecule has 0 radical (unpaired) electrons. The molecule has 2 aliphatic rings. The van der Waals surface area contributed by atoms with Crippen molar-refractivity contribution in [1.82, 2.24) is 10.6 Å². The molecule has 1 aliphatic carbocycles. The second-order valence-electron chi connectivity index (χ2n) is 5.69. The highest BCUT2D eigenvalue weighted by atomic mass is 16.2. The molecule has 2 unspecified atom stereocenters. The molecule has 1 aliphatic heterocycles. The minimum absolute atomic E-state index is 0.214. The standard InChI is InChI=1S/C14H26N2O/c1-2-11-5-3-7-13(9-11)16-14(17)12-6-4-8-15-10-12/h11-13,15H,2-10H2,1H3,(H,16,17)/t11?,12-,13?/m1/s1. The number of carbonyl (C=O) groups is 1. The van der Waals surface area contributed by atoms with Crippen molar-refractivity contribution >= 4 is 5.91 Å². The maximum atomic E-state index is 12.1. The van der Waals surface area contributed by atoms with Crippen LogP contribution in [0.15, 0.2) is 0 Å². The highest BCUT2D eigenvalue weighted by molar-refractivity contribution is 5.79. The van der Waals surface area contributed by atoms with Gasteiger partial charge in [-0.2, -0.15) is 0 Å². The number of amides is 1. The average molecular weight is 238 g/mol. The van der Waals surface area contributed by atoms with E-state index in [9.17, 15) is 4.79 Å². The highest BCUT2D eigenvalue weighted by Gasteiger charge is 2.26. The first-order chi connectivity index (χ1) is 8.29. The Hall–Kier alpha value is -0.570. The van der Waals surface area contributed by atoms with Gasteiger partial charge in [-0.25, -0.2) is 0 Å². The van der Waals surface area contributed by atoms with Crippen LogP contribution < -0.4 is 10.6 Å². The second-order valence-corrected chi connectivity index (χ2v) is 5.69. The average Bonchev–Trinajstić information content (AvgIpc) is 2.40. The molecule has 98 valence electrons. The minimum atomic E-state index is 0.214. The van der Waals surface area contributed by atoms with E-state index in [0.717, 1.165) is 31.8 Å². The molecule has 3 atom stereocenters. The van der Waals surface area contributed by atoms with Crippen molar-refractivity contribution in [2.45, 2.75) is 57.9 Å². The topological polar surface area (TPSA) is 41.1 Å². The third-order valence-corrected chi connectivity index (χ3v) is 4.37. The second kappa shape index (κ2) is 6.39. The summed E-state index contributed by atoms with van der Waals surface area (Å²) in [6.07, 6.45) is 8.48. The third kappa shape index (κ3) is 3.70. The van der Waals surface area contributed by atoms with Gasteiger partial charge in [-0.05, 0) is 38.1 Å². The number of hydrogen-bond donors (Lipinski definition) is 2. The predicted octanol–water partition coefficient (Wildman–Crippen LogP) is 2.07. The lowest BCUT2D eigenvalue weighted by Crippen LogP contribution is -2.45. The first kappa shape index (κ1) is 12.9. The Kier molecular flexibility index (Phi) is 4.84.